The molecule has 1 fully saturated rings. The lowest BCUT2D eigenvalue weighted by atomic mass is 10.2. The number of hydrogen-bond acceptors (Lipinski definition) is 2. The minimum atomic E-state index is -4.42. The van der Waals surface area contributed by atoms with Crippen molar-refractivity contribution in [3.8, 4) is 0 Å². The van der Waals surface area contributed by atoms with Crippen LogP contribution in [-0.4, -0.2) is 25.8 Å². The second-order valence-electron chi connectivity index (χ2n) is 5.33. The summed E-state index contributed by atoms with van der Waals surface area (Å²) in [6, 6.07) is 4.00. The second kappa shape index (κ2) is 7.49. The first-order valence-corrected chi connectivity index (χ1v) is 7.25. The van der Waals surface area contributed by atoms with Crippen molar-refractivity contribution < 1.29 is 22.7 Å². The van der Waals surface area contributed by atoms with Crippen LogP contribution < -0.4 is 10.6 Å². The summed E-state index contributed by atoms with van der Waals surface area (Å²) < 4.78 is 43.0. The summed E-state index contributed by atoms with van der Waals surface area (Å²) in [4.78, 5) is 11.6. The van der Waals surface area contributed by atoms with Gasteiger partial charge in [0, 0.05) is 25.4 Å². The van der Waals surface area contributed by atoms with E-state index in [-0.39, 0.29) is 5.69 Å². The Bertz CT molecular complexity index is 502. The third-order valence-corrected chi connectivity index (χ3v) is 3.25. The summed E-state index contributed by atoms with van der Waals surface area (Å²) >= 11 is 0. The molecule has 0 spiro atoms. The average molecular weight is 316 g/mol. The van der Waals surface area contributed by atoms with E-state index in [1.807, 2.05) is 0 Å². The van der Waals surface area contributed by atoms with Gasteiger partial charge in [-0.25, -0.2) is 4.79 Å². The molecular weight excluding hydrogens is 297 g/mol. The van der Waals surface area contributed by atoms with Gasteiger partial charge in [-0.2, -0.15) is 13.2 Å². The van der Waals surface area contributed by atoms with Crippen molar-refractivity contribution in [2.24, 2.45) is 5.92 Å². The Labute approximate surface area is 127 Å². The molecule has 7 heteroatoms. The Kier molecular flexibility index (Phi) is 5.65. The van der Waals surface area contributed by atoms with Crippen LogP contribution >= 0.6 is 0 Å². The van der Waals surface area contributed by atoms with Gasteiger partial charge < -0.3 is 15.4 Å². The first-order valence-electron chi connectivity index (χ1n) is 7.25. The summed E-state index contributed by atoms with van der Waals surface area (Å²) in [6.07, 6.45) is -1.29. The summed E-state index contributed by atoms with van der Waals surface area (Å²) in [5.41, 5.74) is -0.684. The molecule has 2 amide bonds. The van der Waals surface area contributed by atoms with E-state index in [0.29, 0.717) is 25.5 Å². The molecule has 0 aliphatic heterocycles. The second-order valence-corrected chi connectivity index (χ2v) is 5.33. The first-order chi connectivity index (χ1) is 10.4. The number of anilines is 1. The molecule has 0 aromatic heterocycles. The van der Waals surface area contributed by atoms with E-state index in [1.54, 1.807) is 0 Å². The highest BCUT2D eigenvalue weighted by atomic mass is 19.4. The lowest BCUT2D eigenvalue weighted by molar-refractivity contribution is -0.137. The molecule has 122 valence electrons. The van der Waals surface area contributed by atoms with E-state index >= 15 is 0 Å². The number of rotatable bonds is 7. The van der Waals surface area contributed by atoms with Gasteiger partial charge in [0.2, 0.25) is 0 Å². The van der Waals surface area contributed by atoms with Gasteiger partial charge in [0.25, 0.3) is 0 Å². The van der Waals surface area contributed by atoms with Gasteiger partial charge >= 0.3 is 12.2 Å². The maximum Gasteiger partial charge on any atom is 0.416 e. The van der Waals surface area contributed by atoms with E-state index < -0.39 is 17.8 Å². The Morgan fingerprint density at radius 1 is 1.32 bits per heavy atom. The Hall–Kier alpha value is -1.76. The van der Waals surface area contributed by atoms with Gasteiger partial charge in [-0.05, 0) is 43.4 Å². The van der Waals surface area contributed by atoms with Crippen molar-refractivity contribution >= 4 is 11.7 Å². The van der Waals surface area contributed by atoms with Crippen LogP contribution in [0.1, 0.15) is 24.8 Å². The van der Waals surface area contributed by atoms with Crippen LogP contribution in [0.2, 0.25) is 0 Å². The fourth-order valence-corrected chi connectivity index (χ4v) is 1.86. The third-order valence-electron chi connectivity index (χ3n) is 3.25. The topological polar surface area (TPSA) is 50.4 Å². The fourth-order valence-electron chi connectivity index (χ4n) is 1.86. The molecule has 0 atom stereocenters. The number of carbonyl (C=O) groups is 1. The Balaban J connectivity index is 1.65. The van der Waals surface area contributed by atoms with Crippen molar-refractivity contribution in [1.29, 1.82) is 0 Å². The van der Waals surface area contributed by atoms with E-state index in [1.165, 1.54) is 25.0 Å². The zero-order valence-electron chi connectivity index (χ0n) is 12.1. The molecule has 1 aromatic rings. The lowest BCUT2D eigenvalue weighted by Gasteiger charge is -2.10. The molecule has 1 saturated carbocycles. The van der Waals surface area contributed by atoms with Gasteiger partial charge in [-0.15, -0.1) is 0 Å². The number of carbonyl (C=O) groups excluding carboxylic acids is 1. The number of amides is 2. The van der Waals surface area contributed by atoms with Crippen LogP contribution in [0.25, 0.3) is 0 Å². The van der Waals surface area contributed by atoms with Crippen molar-refractivity contribution in [2.75, 3.05) is 25.1 Å². The zero-order chi connectivity index (χ0) is 16.0. The normalized spacial score (nSPS) is 14.7. The molecule has 2 rings (SSSR count). The van der Waals surface area contributed by atoms with Crippen LogP contribution in [0, 0.1) is 5.92 Å². The molecule has 0 bridgehead atoms. The monoisotopic (exact) mass is 316 g/mol. The number of benzene rings is 1. The molecular formula is C15H19F3N2O2. The SMILES string of the molecule is O=C(NCCCOCC1CC1)Nc1cccc(C(F)(F)F)c1. The molecule has 22 heavy (non-hydrogen) atoms. The highest BCUT2D eigenvalue weighted by molar-refractivity contribution is 5.89. The lowest BCUT2D eigenvalue weighted by Crippen LogP contribution is -2.30. The molecule has 0 saturated heterocycles. The number of halogens is 3. The van der Waals surface area contributed by atoms with E-state index in [0.717, 1.165) is 18.7 Å². The van der Waals surface area contributed by atoms with Gasteiger partial charge in [-0.1, -0.05) is 6.07 Å². The van der Waals surface area contributed by atoms with Crippen molar-refractivity contribution in [2.45, 2.75) is 25.4 Å². The highest BCUT2D eigenvalue weighted by Gasteiger charge is 2.30. The number of nitrogens with one attached hydrogen (secondary N) is 2. The van der Waals surface area contributed by atoms with Gasteiger partial charge in [0.05, 0.1) is 5.56 Å². The summed E-state index contributed by atoms with van der Waals surface area (Å²) in [5, 5.41) is 4.96. The molecule has 2 N–H and O–H groups in total. The Morgan fingerprint density at radius 3 is 2.77 bits per heavy atom. The maximum absolute atomic E-state index is 12.5. The number of alkyl halides is 3. The quantitative estimate of drug-likeness (QED) is 0.755. The Morgan fingerprint density at radius 2 is 2.09 bits per heavy atom. The predicted octanol–water partition coefficient (Wildman–Crippen LogP) is 3.64. The standard InChI is InChI=1S/C15H19F3N2O2/c16-15(17,18)12-3-1-4-13(9-12)20-14(21)19-7-2-8-22-10-11-5-6-11/h1,3-4,9,11H,2,5-8,10H2,(H2,19,20,21). The highest BCUT2D eigenvalue weighted by Crippen LogP contribution is 2.30. The average Bonchev–Trinajstić information content (AvgIpc) is 3.26. The third kappa shape index (κ3) is 5.93. The van der Waals surface area contributed by atoms with Gasteiger partial charge in [0.15, 0.2) is 0 Å². The molecule has 0 radical (unpaired) electrons. The van der Waals surface area contributed by atoms with Crippen LogP contribution in [0.5, 0.6) is 0 Å². The van der Waals surface area contributed by atoms with Crippen molar-refractivity contribution in [3.05, 3.63) is 29.8 Å². The van der Waals surface area contributed by atoms with Crippen molar-refractivity contribution in [3.63, 3.8) is 0 Å². The number of ether oxygens (including phenoxy) is 1. The van der Waals surface area contributed by atoms with Gasteiger partial charge in [0.1, 0.15) is 0 Å². The number of hydrogen-bond donors (Lipinski definition) is 2. The first kappa shape index (κ1) is 16.6. The van der Waals surface area contributed by atoms with E-state index in [4.69, 9.17) is 4.74 Å². The van der Waals surface area contributed by atoms with Crippen LogP contribution in [0.15, 0.2) is 24.3 Å². The summed E-state index contributed by atoms with van der Waals surface area (Å²) in [6.45, 7) is 1.76. The van der Waals surface area contributed by atoms with Crippen LogP contribution in [-0.2, 0) is 10.9 Å². The minimum absolute atomic E-state index is 0.109. The molecule has 0 unspecified atom stereocenters. The van der Waals surface area contributed by atoms with E-state index in [9.17, 15) is 18.0 Å². The molecule has 1 aromatic carbocycles. The minimum Gasteiger partial charge on any atom is -0.381 e. The van der Waals surface area contributed by atoms with E-state index in [2.05, 4.69) is 10.6 Å². The smallest absolute Gasteiger partial charge is 0.381 e. The molecule has 1 aliphatic carbocycles. The number of urea groups is 1. The van der Waals surface area contributed by atoms with Gasteiger partial charge in [-0.3, -0.25) is 0 Å². The molecule has 4 nitrogen and oxygen atoms in total. The van der Waals surface area contributed by atoms with Crippen molar-refractivity contribution in [1.82, 2.24) is 5.32 Å². The maximum atomic E-state index is 12.5. The summed E-state index contributed by atoms with van der Waals surface area (Å²) in [5.74, 6) is 0.706. The van der Waals surface area contributed by atoms with Crippen LogP contribution in [0.4, 0.5) is 23.7 Å². The molecule has 0 heterocycles. The van der Waals surface area contributed by atoms with Crippen LogP contribution in [0.3, 0.4) is 0 Å². The fraction of sp³-hybridized carbons (Fsp3) is 0.533. The predicted molar refractivity (Wildman–Crippen MR) is 76.6 cm³/mol. The zero-order valence-corrected chi connectivity index (χ0v) is 12.1. The molecule has 1 aliphatic rings. The summed E-state index contributed by atoms with van der Waals surface area (Å²) in [7, 11) is 0. The largest absolute Gasteiger partial charge is 0.416 e.